The summed E-state index contributed by atoms with van der Waals surface area (Å²) in [5.74, 6) is -0.700. The van der Waals surface area contributed by atoms with E-state index < -0.39 is 29.7 Å². The molecule has 0 bridgehead atoms. The smallest absolute Gasteiger partial charge is 0.337 e. The van der Waals surface area contributed by atoms with Gasteiger partial charge in [0.25, 0.3) is 5.56 Å². The van der Waals surface area contributed by atoms with Gasteiger partial charge in [-0.25, -0.2) is 9.59 Å². The standard InChI is InChI=1S/C20H19N3O6/c1-11-4-7-16(28-2)15(8-11)21-17(24)10-23-18(25)13-6-5-12(19(26)29-3)9-14(13)22-20(23)27/h4-9H,10H2,1-3H3,(H,21,24)(H,22,27). The Labute approximate surface area is 164 Å². The molecule has 1 heterocycles. The fraction of sp³-hybridized carbons (Fsp3) is 0.200. The summed E-state index contributed by atoms with van der Waals surface area (Å²) in [6.07, 6.45) is 0. The molecule has 3 aromatic rings. The second kappa shape index (κ2) is 8.01. The van der Waals surface area contributed by atoms with Crippen molar-refractivity contribution < 1.29 is 19.1 Å². The van der Waals surface area contributed by atoms with Crippen molar-refractivity contribution in [3.05, 3.63) is 68.4 Å². The number of anilines is 1. The zero-order chi connectivity index (χ0) is 21.1. The zero-order valence-electron chi connectivity index (χ0n) is 16.1. The van der Waals surface area contributed by atoms with Crippen molar-refractivity contribution >= 4 is 28.5 Å². The molecule has 0 aliphatic rings. The number of nitrogens with one attached hydrogen (secondary N) is 2. The predicted octanol–water partition coefficient (Wildman–Crippen LogP) is 1.43. The van der Waals surface area contributed by atoms with Crippen molar-refractivity contribution in [2.24, 2.45) is 0 Å². The number of carbonyl (C=O) groups excluding carboxylic acids is 2. The van der Waals surface area contributed by atoms with Gasteiger partial charge in [-0.2, -0.15) is 0 Å². The average molecular weight is 397 g/mol. The van der Waals surface area contributed by atoms with Crippen LogP contribution in [-0.4, -0.2) is 35.6 Å². The second-order valence-corrected chi connectivity index (χ2v) is 6.33. The molecule has 0 saturated heterocycles. The third-order valence-corrected chi connectivity index (χ3v) is 4.33. The van der Waals surface area contributed by atoms with Crippen LogP contribution in [-0.2, 0) is 16.1 Å². The number of H-pyrrole nitrogens is 1. The van der Waals surface area contributed by atoms with Gasteiger partial charge >= 0.3 is 11.7 Å². The van der Waals surface area contributed by atoms with Crippen LogP contribution in [0.25, 0.3) is 10.9 Å². The number of carbonyl (C=O) groups is 2. The van der Waals surface area contributed by atoms with Gasteiger partial charge in [-0.3, -0.25) is 14.2 Å². The molecule has 0 saturated carbocycles. The average Bonchev–Trinajstić information content (AvgIpc) is 2.70. The minimum absolute atomic E-state index is 0.165. The number of amides is 1. The van der Waals surface area contributed by atoms with Crippen LogP contribution in [0.1, 0.15) is 15.9 Å². The van der Waals surface area contributed by atoms with Crippen molar-refractivity contribution in [1.29, 1.82) is 0 Å². The van der Waals surface area contributed by atoms with Gasteiger partial charge in [-0.1, -0.05) is 6.07 Å². The molecule has 1 amide bonds. The van der Waals surface area contributed by atoms with Crippen LogP contribution in [0.15, 0.2) is 46.0 Å². The Bertz CT molecular complexity index is 1230. The molecule has 150 valence electrons. The first-order valence-electron chi connectivity index (χ1n) is 8.63. The van der Waals surface area contributed by atoms with Gasteiger partial charge in [0.15, 0.2) is 0 Å². The Hall–Kier alpha value is -3.88. The molecule has 9 nitrogen and oxygen atoms in total. The lowest BCUT2D eigenvalue weighted by Crippen LogP contribution is -2.38. The molecular weight excluding hydrogens is 378 g/mol. The summed E-state index contributed by atoms with van der Waals surface area (Å²) in [6, 6.07) is 9.42. The molecule has 0 aliphatic heterocycles. The van der Waals surface area contributed by atoms with Gasteiger partial charge in [-0.05, 0) is 42.8 Å². The Morgan fingerprint density at radius 1 is 1.10 bits per heavy atom. The van der Waals surface area contributed by atoms with Gasteiger partial charge < -0.3 is 19.8 Å². The number of aryl methyl sites for hydroxylation is 1. The number of ether oxygens (including phenoxy) is 2. The predicted molar refractivity (Wildman–Crippen MR) is 107 cm³/mol. The topological polar surface area (TPSA) is 119 Å². The number of aromatic nitrogens is 2. The Kier molecular flexibility index (Phi) is 5.49. The summed E-state index contributed by atoms with van der Waals surface area (Å²) in [5.41, 5.74) is 0.299. The van der Waals surface area contributed by atoms with E-state index in [2.05, 4.69) is 15.0 Å². The highest BCUT2D eigenvalue weighted by molar-refractivity contribution is 5.94. The summed E-state index contributed by atoms with van der Waals surface area (Å²) < 4.78 is 10.6. The van der Waals surface area contributed by atoms with Crippen LogP contribution in [0.5, 0.6) is 5.75 Å². The van der Waals surface area contributed by atoms with Crippen LogP contribution in [0, 0.1) is 6.92 Å². The highest BCUT2D eigenvalue weighted by atomic mass is 16.5. The zero-order valence-corrected chi connectivity index (χ0v) is 16.1. The largest absolute Gasteiger partial charge is 0.495 e. The molecule has 3 rings (SSSR count). The van der Waals surface area contributed by atoms with E-state index in [0.717, 1.165) is 10.1 Å². The third-order valence-electron chi connectivity index (χ3n) is 4.33. The van der Waals surface area contributed by atoms with Gasteiger partial charge in [0.05, 0.1) is 36.4 Å². The first-order valence-corrected chi connectivity index (χ1v) is 8.63. The van der Waals surface area contributed by atoms with Crippen LogP contribution < -0.4 is 21.3 Å². The summed E-state index contributed by atoms with van der Waals surface area (Å²) in [4.78, 5) is 51.6. The molecule has 0 aliphatic carbocycles. The molecule has 0 atom stereocenters. The lowest BCUT2D eigenvalue weighted by molar-refractivity contribution is -0.116. The number of fused-ring (bicyclic) bond motifs is 1. The first-order chi connectivity index (χ1) is 13.8. The van der Waals surface area contributed by atoms with Crippen molar-refractivity contribution in [2.75, 3.05) is 19.5 Å². The SMILES string of the molecule is COC(=O)c1ccc2c(=O)n(CC(=O)Nc3cc(C)ccc3OC)c(=O)[nH]c2c1. The Morgan fingerprint density at radius 3 is 2.55 bits per heavy atom. The molecule has 0 fully saturated rings. The molecule has 1 aromatic heterocycles. The minimum Gasteiger partial charge on any atom is -0.495 e. The molecule has 0 spiro atoms. The Balaban J connectivity index is 1.93. The Morgan fingerprint density at radius 2 is 1.86 bits per heavy atom. The summed E-state index contributed by atoms with van der Waals surface area (Å²) in [7, 11) is 2.70. The molecule has 29 heavy (non-hydrogen) atoms. The van der Waals surface area contributed by atoms with Gasteiger partial charge in [0.2, 0.25) is 5.91 Å². The van der Waals surface area contributed by atoms with Gasteiger partial charge in [0, 0.05) is 0 Å². The molecule has 2 aromatic carbocycles. The van der Waals surface area contributed by atoms with E-state index >= 15 is 0 Å². The van der Waals surface area contributed by atoms with E-state index in [9.17, 15) is 19.2 Å². The van der Waals surface area contributed by atoms with Crippen molar-refractivity contribution in [2.45, 2.75) is 13.5 Å². The van der Waals surface area contributed by atoms with Crippen LogP contribution in [0.3, 0.4) is 0 Å². The van der Waals surface area contributed by atoms with E-state index in [-0.39, 0.29) is 16.5 Å². The molecule has 9 heteroatoms. The number of hydrogen-bond acceptors (Lipinski definition) is 6. The van der Waals surface area contributed by atoms with E-state index in [1.165, 1.54) is 32.4 Å². The van der Waals surface area contributed by atoms with E-state index in [1.807, 2.05) is 13.0 Å². The number of nitrogens with zero attached hydrogens (tertiary/aromatic N) is 1. The van der Waals surface area contributed by atoms with Crippen LogP contribution >= 0.6 is 0 Å². The number of methoxy groups -OCH3 is 2. The normalized spacial score (nSPS) is 10.6. The number of benzene rings is 2. The summed E-state index contributed by atoms with van der Waals surface area (Å²) in [5, 5.41) is 2.81. The summed E-state index contributed by atoms with van der Waals surface area (Å²) in [6.45, 7) is 1.37. The molecular formula is C20H19N3O6. The van der Waals surface area contributed by atoms with Crippen LogP contribution in [0.4, 0.5) is 5.69 Å². The fourth-order valence-electron chi connectivity index (χ4n) is 2.90. The van der Waals surface area contributed by atoms with Crippen molar-refractivity contribution in [3.63, 3.8) is 0 Å². The quantitative estimate of drug-likeness (QED) is 0.629. The lowest BCUT2D eigenvalue weighted by atomic mass is 10.1. The fourth-order valence-corrected chi connectivity index (χ4v) is 2.90. The maximum absolute atomic E-state index is 12.7. The van der Waals surface area contributed by atoms with E-state index in [0.29, 0.717) is 11.4 Å². The lowest BCUT2D eigenvalue weighted by Gasteiger charge is -2.12. The highest BCUT2D eigenvalue weighted by Gasteiger charge is 2.15. The second-order valence-electron chi connectivity index (χ2n) is 6.33. The molecule has 2 N–H and O–H groups in total. The number of hydrogen-bond donors (Lipinski definition) is 2. The number of esters is 1. The first kappa shape index (κ1) is 19.9. The van der Waals surface area contributed by atoms with Gasteiger partial charge in [0.1, 0.15) is 12.3 Å². The highest BCUT2D eigenvalue weighted by Crippen LogP contribution is 2.25. The van der Waals surface area contributed by atoms with E-state index in [1.54, 1.807) is 12.1 Å². The minimum atomic E-state index is -0.768. The summed E-state index contributed by atoms with van der Waals surface area (Å²) >= 11 is 0. The van der Waals surface area contributed by atoms with Crippen LogP contribution in [0.2, 0.25) is 0 Å². The maximum Gasteiger partial charge on any atom is 0.337 e. The monoisotopic (exact) mass is 397 g/mol. The molecule has 0 unspecified atom stereocenters. The van der Waals surface area contributed by atoms with Gasteiger partial charge in [-0.15, -0.1) is 0 Å². The maximum atomic E-state index is 12.7. The third kappa shape index (κ3) is 4.03. The van der Waals surface area contributed by atoms with Crippen molar-refractivity contribution in [3.8, 4) is 5.75 Å². The molecule has 0 radical (unpaired) electrons. The number of rotatable bonds is 5. The van der Waals surface area contributed by atoms with Crippen molar-refractivity contribution in [1.82, 2.24) is 9.55 Å². The number of aromatic amines is 1. The van der Waals surface area contributed by atoms with E-state index in [4.69, 9.17) is 4.74 Å².